The van der Waals surface area contributed by atoms with Gasteiger partial charge in [-0.3, -0.25) is 9.59 Å². The van der Waals surface area contributed by atoms with E-state index in [2.05, 4.69) is 23.7 Å². The lowest BCUT2D eigenvalue weighted by molar-refractivity contribution is 0.0625. The van der Waals surface area contributed by atoms with Gasteiger partial charge in [0, 0.05) is 45.8 Å². The molecule has 0 unspecified atom stereocenters. The number of imidazole rings is 1. The molecule has 0 saturated carbocycles. The average molecular weight is 388 g/mol. The molecule has 154 valence electrons. The maximum atomic E-state index is 13.2. The zero-order chi connectivity index (χ0) is 19.7. The van der Waals surface area contributed by atoms with E-state index in [1.165, 1.54) is 0 Å². The van der Waals surface area contributed by atoms with Crippen molar-refractivity contribution in [3.8, 4) is 0 Å². The van der Waals surface area contributed by atoms with Crippen molar-refractivity contribution >= 4 is 11.8 Å². The molecule has 0 radical (unpaired) electrons. The molecule has 0 N–H and O–H groups in total. The lowest BCUT2D eigenvalue weighted by Gasteiger charge is -2.34. The van der Waals surface area contributed by atoms with Crippen molar-refractivity contribution in [3.63, 3.8) is 0 Å². The van der Waals surface area contributed by atoms with Crippen LogP contribution in [0.2, 0.25) is 0 Å². The summed E-state index contributed by atoms with van der Waals surface area (Å²) in [4.78, 5) is 37.3. The van der Waals surface area contributed by atoms with E-state index in [1.54, 1.807) is 0 Å². The van der Waals surface area contributed by atoms with Crippen molar-refractivity contribution in [3.05, 3.63) is 17.2 Å². The SMILES string of the molecule is CCN1CCN(C(=O)c2nc(C(=O)N3CCC(C)CC3)c3n2CCCC3)CC1. The number of likely N-dealkylation sites (N-methyl/N-ethyl adjacent to an activating group) is 1. The maximum Gasteiger partial charge on any atom is 0.289 e. The fourth-order valence-electron chi connectivity index (χ4n) is 4.65. The highest BCUT2D eigenvalue weighted by Gasteiger charge is 2.33. The first-order valence-corrected chi connectivity index (χ1v) is 11.0. The summed E-state index contributed by atoms with van der Waals surface area (Å²) >= 11 is 0. The minimum Gasteiger partial charge on any atom is -0.337 e. The first kappa shape index (κ1) is 19.4. The van der Waals surface area contributed by atoms with Gasteiger partial charge < -0.3 is 19.3 Å². The number of rotatable bonds is 3. The Balaban J connectivity index is 1.57. The number of carbonyl (C=O) groups excluding carboxylic acids is 2. The quantitative estimate of drug-likeness (QED) is 0.794. The second-order valence-electron chi connectivity index (χ2n) is 8.54. The molecule has 7 nitrogen and oxygen atoms in total. The number of nitrogens with zero attached hydrogens (tertiary/aromatic N) is 5. The highest BCUT2D eigenvalue weighted by Crippen LogP contribution is 2.25. The third-order valence-corrected chi connectivity index (χ3v) is 6.69. The van der Waals surface area contributed by atoms with Crippen molar-refractivity contribution in [2.45, 2.75) is 52.5 Å². The Morgan fingerprint density at radius 1 is 0.929 bits per heavy atom. The molecule has 4 rings (SSSR count). The van der Waals surface area contributed by atoms with Gasteiger partial charge in [-0.1, -0.05) is 13.8 Å². The lowest BCUT2D eigenvalue weighted by atomic mass is 9.98. The van der Waals surface area contributed by atoms with Crippen LogP contribution in [0.5, 0.6) is 0 Å². The minimum atomic E-state index is -0.00906. The third-order valence-electron chi connectivity index (χ3n) is 6.69. The molecule has 0 aliphatic carbocycles. The summed E-state index contributed by atoms with van der Waals surface area (Å²) < 4.78 is 2.04. The standard InChI is InChI=1S/C21H33N5O2/c1-3-23-12-14-25(15-13-23)21(28)19-22-18(17-6-4-5-9-26(17)19)20(27)24-10-7-16(2)8-11-24/h16H,3-15H2,1-2H3. The fourth-order valence-corrected chi connectivity index (χ4v) is 4.65. The van der Waals surface area contributed by atoms with Gasteiger partial charge in [0.25, 0.3) is 11.8 Å². The van der Waals surface area contributed by atoms with Gasteiger partial charge in [0.2, 0.25) is 0 Å². The highest BCUT2D eigenvalue weighted by atomic mass is 16.2. The second-order valence-corrected chi connectivity index (χ2v) is 8.54. The van der Waals surface area contributed by atoms with E-state index in [9.17, 15) is 9.59 Å². The predicted octanol–water partition coefficient (Wildman–Crippen LogP) is 1.87. The Hall–Kier alpha value is -1.89. The number of piperidine rings is 1. The molecule has 0 atom stereocenters. The van der Waals surface area contributed by atoms with Crippen LogP contribution in [0.25, 0.3) is 0 Å². The molecule has 3 aliphatic heterocycles. The second kappa shape index (κ2) is 8.23. The normalized spacial score (nSPS) is 21.6. The lowest BCUT2D eigenvalue weighted by Crippen LogP contribution is -2.49. The summed E-state index contributed by atoms with van der Waals surface area (Å²) in [5.74, 6) is 1.17. The molecule has 28 heavy (non-hydrogen) atoms. The van der Waals surface area contributed by atoms with Crippen LogP contribution in [0.4, 0.5) is 0 Å². The minimum absolute atomic E-state index is 0.00906. The molecule has 0 spiro atoms. The van der Waals surface area contributed by atoms with Crippen LogP contribution in [-0.2, 0) is 13.0 Å². The first-order valence-electron chi connectivity index (χ1n) is 11.0. The van der Waals surface area contributed by atoms with Gasteiger partial charge in [-0.25, -0.2) is 4.98 Å². The number of likely N-dealkylation sites (tertiary alicyclic amines) is 1. The van der Waals surface area contributed by atoms with Gasteiger partial charge >= 0.3 is 0 Å². The molecule has 0 bridgehead atoms. The topological polar surface area (TPSA) is 61.7 Å². The molecular weight excluding hydrogens is 354 g/mol. The van der Waals surface area contributed by atoms with Gasteiger partial charge in [0.05, 0.1) is 5.69 Å². The number of fused-ring (bicyclic) bond motifs is 1. The molecule has 4 heterocycles. The molecule has 2 saturated heterocycles. The molecule has 1 aromatic rings. The smallest absolute Gasteiger partial charge is 0.289 e. The summed E-state index contributed by atoms with van der Waals surface area (Å²) in [6.07, 6.45) is 5.05. The summed E-state index contributed by atoms with van der Waals surface area (Å²) in [5, 5.41) is 0. The van der Waals surface area contributed by atoms with Crippen LogP contribution in [0.3, 0.4) is 0 Å². The predicted molar refractivity (Wildman–Crippen MR) is 107 cm³/mol. The van der Waals surface area contributed by atoms with E-state index < -0.39 is 0 Å². The van der Waals surface area contributed by atoms with Gasteiger partial charge in [0.15, 0.2) is 5.82 Å². The zero-order valence-electron chi connectivity index (χ0n) is 17.3. The number of hydrogen-bond donors (Lipinski definition) is 0. The van der Waals surface area contributed by atoms with Crippen LogP contribution in [0.1, 0.15) is 66.3 Å². The molecule has 2 fully saturated rings. The molecule has 7 heteroatoms. The Bertz CT molecular complexity index is 727. The summed E-state index contributed by atoms with van der Waals surface area (Å²) in [6.45, 7) is 11.1. The Morgan fingerprint density at radius 3 is 2.29 bits per heavy atom. The van der Waals surface area contributed by atoms with Gasteiger partial charge in [0.1, 0.15) is 5.69 Å². The summed E-state index contributed by atoms with van der Waals surface area (Å²) in [5.41, 5.74) is 1.51. The highest BCUT2D eigenvalue weighted by molar-refractivity contribution is 5.97. The van der Waals surface area contributed by atoms with E-state index in [0.29, 0.717) is 17.4 Å². The van der Waals surface area contributed by atoms with Gasteiger partial charge in [-0.05, 0) is 44.6 Å². The molecule has 1 aromatic heterocycles. The molecular formula is C21H33N5O2. The largest absolute Gasteiger partial charge is 0.337 e. The van der Waals surface area contributed by atoms with Crippen molar-refractivity contribution in [1.29, 1.82) is 0 Å². The number of carbonyl (C=O) groups is 2. The van der Waals surface area contributed by atoms with Crippen molar-refractivity contribution in [1.82, 2.24) is 24.3 Å². The van der Waals surface area contributed by atoms with Crippen LogP contribution >= 0.6 is 0 Å². The molecule has 0 aromatic carbocycles. The van der Waals surface area contributed by atoms with E-state index >= 15 is 0 Å². The Morgan fingerprint density at radius 2 is 1.61 bits per heavy atom. The Kier molecular flexibility index (Phi) is 5.71. The third kappa shape index (κ3) is 3.69. The van der Waals surface area contributed by atoms with Crippen molar-refractivity contribution < 1.29 is 9.59 Å². The summed E-state index contributed by atoms with van der Waals surface area (Å²) in [7, 11) is 0. The van der Waals surface area contributed by atoms with Crippen molar-refractivity contribution in [2.24, 2.45) is 5.92 Å². The number of hydrogen-bond acceptors (Lipinski definition) is 4. The first-order chi connectivity index (χ1) is 13.6. The van der Waals surface area contributed by atoms with E-state index in [1.807, 2.05) is 14.4 Å². The Labute approximate surface area is 167 Å². The molecule has 2 amide bonds. The van der Waals surface area contributed by atoms with E-state index in [-0.39, 0.29) is 11.8 Å². The number of amides is 2. The van der Waals surface area contributed by atoms with Crippen LogP contribution < -0.4 is 0 Å². The molecule has 3 aliphatic rings. The van der Waals surface area contributed by atoms with Gasteiger partial charge in [-0.2, -0.15) is 0 Å². The van der Waals surface area contributed by atoms with Crippen LogP contribution in [0.15, 0.2) is 0 Å². The maximum absolute atomic E-state index is 13.2. The fraction of sp³-hybridized carbons (Fsp3) is 0.762. The number of aromatic nitrogens is 2. The van der Waals surface area contributed by atoms with Gasteiger partial charge in [-0.15, -0.1) is 0 Å². The van der Waals surface area contributed by atoms with Crippen molar-refractivity contribution in [2.75, 3.05) is 45.8 Å². The number of piperazine rings is 1. The zero-order valence-corrected chi connectivity index (χ0v) is 17.3. The average Bonchev–Trinajstić information content (AvgIpc) is 3.13. The monoisotopic (exact) mass is 387 g/mol. The summed E-state index contributed by atoms with van der Waals surface area (Å²) in [6, 6.07) is 0. The van der Waals surface area contributed by atoms with E-state index in [0.717, 1.165) is 90.2 Å². The van der Waals surface area contributed by atoms with E-state index in [4.69, 9.17) is 0 Å². The van der Waals surface area contributed by atoms with Crippen LogP contribution in [0, 0.1) is 5.92 Å². The van der Waals surface area contributed by atoms with Crippen LogP contribution in [-0.4, -0.2) is 81.9 Å².